The molecule has 1 fully saturated rings. The average Bonchev–Trinajstić information content (AvgIpc) is 3.09. The summed E-state index contributed by atoms with van der Waals surface area (Å²) in [5.74, 6) is 1.11. The minimum Gasteiger partial charge on any atom is -0.339 e. The largest absolute Gasteiger partial charge is 0.339 e. The van der Waals surface area contributed by atoms with Crippen molar-refractivity contribution in [3.8, 4) is 0 Å². The Labute approximate surface area is 128 Å². The number of carbonyl (C=O) groups excluding carboxylic acids is 1. The maximum Gasteiger partial charge on any atom is 0.232 e. The van der Waals surface area contributed by atoms with Crippen molar-refractivity contribution in [2.24, 2.45) is 0 Å². The van der Waals surface area contributed by atoms with Crippen molar-refractivity contribution < 1.29 is 13.7 Å². The van der Waals surface area contributed by atoms with Crippen LogP contribution in [0.4, 0.5) is 4.39 Å². The second kappa shape index (κ2) is 5.87. The molecule has 1 saturated heterocycles. The maximum absolute atomic E-state index is 12.9. The molecular formula is C16H18FN3O2. The zero-order chi connectivity index (χ0) is 15.7. The number of hydrogen-bond acceptors (Lipinski definition) is 4. The van der Waals surface area contributed by atoms with Crippen LogP contribution in [0.1, 0.15) is 49.4 Å². The molecule has 0 radical (unpaired) electrons. The van der Waals surface area contributed by atoms with Gasteiger partial charge < -0.3 is 9.42 Å². The molecule has 0 saturated carbocycles. The summed E-state index contributed by atoms with van der Waals surface area (Å²) in [5.41, 5.74) is 0.906. The summed E-state index contributed by atoms with van der Waals surface area (Å²) >= 11 is 0. The van der Waals surface area contributed by atoms with Gasteiger partial charge in [-0.2, -0.15) is 4.98 Å². The SMILES string of the molecule is CC(C)c1noc(C2CC(=O)N(Cc3ccc(F)cc3)C2)n1. The molecule has 2 heterocycles. The Kier molecular flexibility index (Phi) is 3.92. The van der Waals surface area contributed by atoms with Crippen molar-refractivity contribution in [1.82, 2.24) is 15.0 Å². The number of carbonyl (C=O) groups is 1. The highest BCUT2D eigenvalue weighted by atomic mass is 19.1. The van der Waals surface area contributed by atoms with Crippen molar-refractivity contribution in [3.63, 3.8) is 0 Å². The standard InChI is InChI=1S/C16H18FN3O2/c1-10(2)15-18-16(22-19-15)12-7-14(21)20(9-12)8-11-3-5-13(17)6-4-11/h3-6,10,12H,7-9H2,1-2H3. The van der Waals surface area contributed by atoms with Gasteiger partial charge in [0.15, 0.2) is 5.82 Å². The van der Waals surface area contributed by atoms with Crippen molar-refractivity contribution >= 4 is 5.91 Å². The molecule has 1 aromatic heterocycles. The Hall–Kier alpha value is -2.24. The molecule has 116 valence electrons. The first-order valence-corrected chi connectivity index (χ1v) is 7.38. The molecule has 6 heteroatoms. The number of amides is 1. The second-order valence-corrected chi connectivity index (χ2v) is 5.95. The highest BCUT2D eigenvalue weighted by Gasteiger charge is 2.34. The first-order valence-electron chi connectivity index (χ1n) is 7.38. The molecule has 1 aliphatic heterocycles. The third-order valence-electron chi connectivity index (χ3n) is 3.82. The molecule has 5 nitrogen and oxygen atoms in total. The molecule has 1 unspecified atom stereocenters. The summed E-state index contributed by atoms with van der Waals surface area (Å²) in [4.78, 5) is 18.3. The van der Waals surface area contributed by atoms with Crippen LogP contribution in [0, 0.1) is 5.82 Å². The summed E-state index contributed by atoms with van der Waals surface area (Å²) in [5, 5.41) is 3.95. The Balaban J connectivity index is 1.68. The molecule has 3 rings (SSSR count). The Morgan fingerprint density at radius 1 is 1.36 bits per heavy atom. The highest BCUT2D eigenvalue weighted by Crippen LogP contribution is 2.29. The lowest BCUT2D eigenvalue weighted by Crippen LogP contribution is -2.24. The van der Waals surface area contributed by atoms with E-state index in [9.17, 15) is 9.18 Å². The summed E-state index contributed by atoms with van der Waals surface area (Å²) in [6.45, 7) is 5.02. The molecule has 22 heavy (non-hydrogen) atoms. The lowest BCUT2D eigenvalue weighted by Gasteiger charge is -2.15. The first kappa shape index (κ1) is 14.7. The van der Waals surface area contributed by atoms with E-state index in [1.807, 2.05) is 13.8 Å². The van der Waals surface area contributed by atoms with Crippen LogP contribution in [0.3, 0.4) is 0 Å². The van der Waals surface area contributed by atoms with E-state index < -0.39 is 0 Å². The lowest BCUT2D eigenvalue weighted by atomic mass is 10.1. The third-order valence-corrected chi connectivity index (χ3v) is 3.82. The van der Waals surface area contributed by atoms with Gasteiger partial charge in [0.05, 0.1) is 5.92 Å². The van der Waals surface area contributed by atoms with Crippen LogP contribution in [0.5, 0.6) is 0 Å². The van der Waals surface area contributed by atoms with Gasteiger partial charge in [0.2, 0.25) is 11.8 Å². The van der Waals surface area contributed by atoms with E-state index >= 15 is 0 Å². The van der Waals surface area contributed by atoms with Crippen molar-refractivity contribution in [1.29, 1.82) is 0 Å². The van der Waals surface area contributed by atoms with Crippen LogP contribution in [0.2, 0.25) is 0 Å². The number of hydrogen-bond donors (Lipinski definition) is 0. The molecule has 1 aromatic carbocycles. The van der Waals surface area contributed by atoms with E-state index in [-0.39, 0.29) is 23.6 Å². The Bertz CT molecular complexity index is 666. The molecular weight excluding hydrogens is 285 g/mol. The van der Waals surface area contributed by atoms with E-state index in [1.165, 1.54) is 12.1 Å². The molecule has 2 aromatic rings. The van der Waals surface area contributed by atoms with E-state index in [1.54, 1.807) is 17.0 Å². The number of rotatable bonds is 4. The predicted octanol–water partition coefficient (Wildman–Crippen LogP) is 2.85. The van der Waals surface area contributed by atoms with Crippen molar-refractivity contribution in [3.05, 3.63) is 47.4 Å². The number of benzene rings is 1. The monoisotopic (exact) mass is 303 g/mol. The third kappa shape index (κ3) is 3.00. The van der Waals surface area contributed by atoms with Gasteiger partial charge in [-0.3, -0.25) is 4.79 Å². The Morgan fingerprint density at radius 3 is 2.73 bits per heavy atom. The van der Waals surface area contributed by atoms with Crippen LogP contribution in [0.15, 0.2) is 28.8 Å². The summed E-state index contributed by atoms with van der Waals surface area (Å²) in [6.07, 6.45) is 0.376. The molecule has 0 bridgehead atoms. The topological polar surface area (TPSA) is 59.2 Å². The van der Waals surface area contributed by atoms with E-state index in [4.69, 9.17) is 4.52 Å². The fourth-order valence-corrected chi connectivity index (χ4v) is 2.55. The number of aromatic nitrogens is 2. The van der Waals surface area contributed by atoms with E-state index in [0.29, 0.717) is 31.2 Å². The van der Waals surface area contributed by atoms with Gasteiger partial charge in [0.25, 0.3) is 0 Å². The number of likely N-dealkylation sites (tertiary alicyclic amines) is 1. The highest BCUT2D eigenvalue weighted by molar-refractivity contribution is 5.79. The van der Waals surface area contributed by atoms with Gasteiger partial charge in [-0.1, -0.05) is 31.1 Å². The van der Waals surface area contributed by atoms with Crippen molar-refractivity contribution in [2.45, 2.75) is 38.6 Å². The molecule has 1 aliphatic rings. The predicted molar refractivity (Wildman–Crippen MR) is 77.6 cm³/mol. The normalized spacial score (nSPS) is 18.5. The fourth-order valence-electron chi connectivity index (χ4n) is 2.55. The number of nitrogens with zero attached hydrogens (tertiary/aromatic N) is 3. The van der Waals surface area contributed by atoms with E-state index in [0.717, 1.165) is 5.56 Å². The molecule has 0 N–H and O–H groups in total. The van der Waals surface area contributed by atoms with Gasteiger partial charge in [0.1, 0.15) is 5.82 Å². The van der Waals surface area contributed by atoms with Crippen LogP contribution in [-0.4, -0.2) is 27.5 Å². The summed E-state index contributed by atoms with van der Waals surface area (Å²) in [7, 11) is 0. The van der Waals surface area contributed by atoms with Crippen LogP contribution in [0.25, 0.3) is 0 Å². The van der Waals surface area contributed by atoms with Gasteiger partial charge in [0, 0.05) is 25.4 Å². The quantitative estimate of drug-likeness (QED) is 0.871. The summed E-state index contributed by atoms with van der Waals surface area (Å²) < 4.78 is 18.2. The Morgan fingerprint density at radius 2 is 2.09 bits per heavy atom. The summed E-state index contributed by atoms with van der Waals surface area (Å²) in [6, 6.07) is 6.19. The minimum atomic E-state index is -0.276. The first-order chi connectivity index (χ1) is 10.5. The smallest absolute Gasteiger partial charge is 0.232 e. The maximum atomic E-state index is 12.9. The van der Waals surface area contributed by atoms with Crippen LogP contribution in [-0.2, 0) is 11.3 Å². The van der Waals surface area contributed by atoms with Crippen molar-refractivity contribution in [2.75, 3.05) is 6.54 Å². The average molecular weight is 303 g/mol. The molecule has 1 amide bonds. The van der Waals surface area contributed by atoms with Gasteiger partial charge >= 0.3 is 0 Å². The lowest BCUT2D eigenvalue weighted by molar-refractivity contribution is -0.128. The molecule has 0 aliphatic carbocycles. The molecule has 0 spiro atoms. The van der Waals surface area contributed by atoms with Crippen LogP contribution >= 0.6 is 0 Å². The zero-order valence-electron chi connectivity index (χ0n) is 12.6. The van der Waals surface area contributed by atoms with Gasteiger partial charge in [-0.25, -0.2) is 4.39 Å². The fraction of sp³-hybridized carbons (Fsp3) is 0.438. The van der Waals surface area contributed by atoms with Gasteiger partial charge in [-0.05, 0) is 17.7 Å². The minimum absolute atomic E-state index is 0.0543. The van der Waals surface area contributed by atoms with E-state index in [2.05, 4.69) is 10.1 Å². The zero-order valence-corrected chi connectivity index (χ0v) is 12.6. The van der Waals surface area contributed by atoms with Crippen LogP contribution < -0.4 is 0 Å². The number of halogens is 1. The molecule has 1 atom stereocenters. The second-order valence-electron chi connectivity index (χ2n) is 5.95. The van der Waals surface area contributed by atoms with Gasteiger partial charge in [-0.15, -0.1) is 0 Å².